The number of ether oxygens (including phenoxy) is 2. The molecule has 42 heavy (non-hydrogen) atoms. The predicted octanol–water partition coefficient (Wildman–Crippen LogP) is 8.83. The Balaban J connectivity index is 0.868. The molecule has 6 unspecified atom stereocenters. The molecule has 0 radical (unpaired) electrons. The minimum Gasteiger partial charge on any atom is -0.493 e. The average Bonchev–Trinajstić information content (AvgIpc) is 3.76. The lowest BCUT2D eigenvalue weighted by Crippen LogP contribution is -2.52. The van der Waals surface area contributed by atoms with Crippen LogP contribution in [0.2, 0.25) is 0 Å². The van der Waals surface area contributed by atoms with Crippen molar-refractivity contribution in [2.24, 2.45) is 17.8 Å². The zero-order valence-electron chi connectivity index (χ0n) is 24.8. The maximum atomic E-state index is 5.86. The number of rotatable bonds is 6. The van der Waals surface area contributed by atoms with Crippen LogP contribution in [0.4, 0.5) is 0 Å². The van der Waals surface area contributed by atoms with Crippen LogP contribution >= 0.6 is 23.5 Å². The maximum Gasteiger partial charge on any atom is 0.122 e. The van der Waals surface area contributed by atoms with Crippen LogP contribution in [0, 0.1) is 17.8 Å². The van der Waals surface area contributed by atoms with Gasteiger partial charge in [0.05, 0.1) is 13.2 Å². The van der Waals surface area contributed by atoms with Gasteiger partial charge in [-0.3, -0.25) is 0 Å². The molecule has 4 heteroatoms. The van der Waals surface area contributed by atoms with Crippen LogP contribution in [0.15, 0.2) is 82.3 Å². The van der Waals surface area contributed by atoms with Gasteiger partial charge in [0.2, 0.25) is 0 Å². The molecule has 0 aromatic heterocycles. The fourth-order valence-corrected chi connectivity index (χ4v) is 12.8. The summed E-state index contributed by atoms with van der Waals surface area (Å²) in [5.41, 5.74) is 10.7. The normalized spacial score (nSPS) is 34.7. The first-order valence-corrected chi connectivity index (χ1v) is 17.8. The summed E-state index contributed by atoms with van der Waals surface area (Å²) in [7, 11) is 0. The lowest BCUT2D eigenvalue weighted by atomic mass is 9.52. The Morgan fingerprint density at radius 2 is 1.64 bits per heavy atom. The van der Waals surface area contributed by atoms with E-state index in [2.05, 4.69) is 98.1 Å². The SMILES string of the molecule is CC1(CCc2ccc3c(c2)OCC3)CC2=CC=C3C4C5=C(C=CC4C3C2(C)S1)CC(CCc1ccc2c(c1)OCC2)S5. The summed E-state index contributed by atoms with van der Waals surface area (Å²) in [5, 5.41) is 0.700. The van der Waals surface area contributed by atoms with E-state index >= 15 is 0 Å². The summed E-state index contributed by atoms with van der Waals surface area (Å²) in [6.45, 7) is 6.80. The van der Waals surface area contributed by atoms with Crippen molar-refractivity contribution in [1.82, 2.24) is 0 Å². The van der Waals surface area contributed by atoms with Gasteiger partial charge in [0, 0.05) is 39.4 Å². The van der Waals surface area contributed by atoms with E-state index in [1.54, 1.807) is 21.6 Å². The number of benzene rings is 2. The van der Waals surface area contributed by atoms with Crippen LogP contribution in [0.5, 0.6) is 11.5 Å². The van der Waals surface area contributed by atoms with Gasteiger partial charge >= 0.3 is 0 Å². The van der Waals surface area contributed by atoms with Crippen molar-refractivity contribution in [3.8, 4) is 11.5 Å². The molecule has 4 aliphatic heterocycles. The topological polar surface area (TPSA) is 18.5 Å². The number of hydrogen-bond donors (Lipinski definition) is 0. The molecule has 1 saturated carbocycles. The van der Waals surface area contributed by atoms with Gasteiger partial charge in [-0.2, -0.15) is 0 Å². The second kappa shape index (κ2) is 9.60. The lowest BCUT2D eigenvalue weighted by Gasteiger charge is -2.57. The molecule has 3 aliphatic carbocycles. The number of fused-ring (bicyclic) bond motifs is 9. The third kappa shape index (κ3) is 4.07. The van der Waals surface area contributed by atoms with Crippen molar-refractivity contribution in [1.29, 1.82) is 0 Å². The molecule has 2 nitrogen and oxygen atoms in total. The number of allylic oxidation sites excluding steroid dienone is 7. The van der Waals surface area contributed by atoms with E-state index in [1.807, 2.05) is 0 Å². The molecule has 216 valence electrons. The van der Waals surface area contributed by atoms with Gasteiger partial charge in [0.1, 0.15) is 11.5 Å². The molecule has 2 aromatic carbocycles. The van der Waals surface area contributed by atoms with Crippen LogP contribution in [0.25, 0.3) is 0 Å². The molecular weight excluding hydrogens is 553 g/mol. The molecule has 2 fully saturated rings. The quantitative estimate of drug-likeness (QED) is 0.333. The summed E-state index contributed by atoms with van der Waals surface area (Å²) in [6.07, 6.45) is 19.6. The minimum absolute atomic E-state index is 0.224. The third-order valence-corrected chi connectivity index (χ3v) is 14.6. The van der Waals surface area contributed by atoms with Gasteiger partial charge in [0.15, 0.2) is 0 Å². The largest absolute Gasteiger partial charge is 0.493 e. The molecule has 4 heterocycles. The van der Waals surface area contributed by atoms with E-state index in [4.69, 9.17) is 9.47 Å². The van der Waals surface area contributed by atoms with Gasteiger partial charge in [-0.25, -0.2) is 0 Å². The lowest BCUT2D eigenvalue weighted by molar-refractivity contribution is 0.221. The number of aryl methyl sites for hydroxylation is 2. The summed E-state index contributed by atoms with van der Waals surface area (Å²) in [4.78, 5) is 1.71. The van der Waals surface area contributed by atoms with E-state index in [9.17, 15) is 0 Å². The highest BCUT2D eigenvalue weighted by molar-refractivity contribution is 8.04. The molecule has 0 amide bonds. The van der Waals surface area contributed by atoms with Crippen LogP contribution < -0.4 is 9.47 Å². The zero-order valence-corrected chi connectivity index (χ0v) is 26.4. The van der Waals surface area contributed by atoms with Gasteiger partial charge in [-0.05, 0) is 96.2 Å². The average molecular weight is 593 g/mol. The first kappa shape index (κ1) is 26.1. The van der Waals surface area contributed by atoms with Gasteiger partial charge in [0.25, 0.3) is 0 Å². The van der Waals surface area contributed by atoms with Crippen LogP contribution in [0.3, 0.4) is 0 Å². The molecule has 0 N–H and O–H groups in total. The molecule has 0 spiro atoms. The molecule has 0 bridgehead atoms. The molecule has 2 aromatic rings. The van der Waals surface area contributed by atoms with E-state index in [1.165, 1.54) is 47.9 Å². The second-order valence-corrected chi connectivity index (χ2v) is 17.4. The summed E-state index contributed by atoms with van der Waals surface area (Å²) < 4.78 is 12.2. The third-order valence-electron chi connectivity index (χ3n) is 11.3. The highest BCUT2D eigenvalue weighted by Gasteiger charge is 2.62. The molecule has 7 aliphatic rings. The Hall–Kier alpha value is -2.30. The Morgan fingerprint density at radius 1 is 0.905 bits per heavy atom. The summed E-state index contributed by atoms with van der Waals surface area (Å²) in [6, 6.07) is 13.9. The minimum atomic E-state index is 0.224. The summed E-state index contributed by atoms with van der Waals surface area (Å²) in [5.74, 6) is 4.19. The van der Waals surface area contributed by atoms with E-state index < -0.39 is 0 Å². The molecule has 6 atom stereocenters. The number of thioether (sulfide) groups is 2. The van der Waals surface area contributed by atoms with E-state index in [-0.39, 0.29) is 9.49 Å². The van der Waals surface area contributed by atoms with Gasteiger partial charge in [-0.15, -0.1) is 23.5 Å². The molecule has 1 saturated heterocycles. The Bertz CT molecular complexity index is 1610. The van der Waals surface area contributed by atoms with Crippen LogP contribution in [-0.2, 0) is 25.7 Å². The van der Waals surface area contributed by atoms with Crippen molar-refractivity contribution >= 4 is 23.5 Å². The van der Waals surface area contributed by atoms with Crippen molar-refractivity contribution < 1.29 is 9.47 Å². The summed E-state index contributed by atoms with van der Waals surface area (Å²) >= 11 is 4.51. The van der Waals surface area contributed by atoms with Crippen LogP contribution in [0.1, 0.15) is 61.8 Å². The van der Waals surface area contributed by atoms with Gasteiger partial charge in [-0.1, -0.05) is 66.6 Å². The highest BCUT2D eigenvalue weighted by atomic mass is 32.2. The molecular formula is C38H40O2S2. The highest BCUT2D eigenvalue weighted by Crippen LogP contribution is 2.71. The van der Waals surface area contributed by atoms with E-state index in [0.29, 0.717) is 23.0 Å². The van der Waals surface area contributed by atoms with Crippen LogP contribution in [-0.4, -0.2) is 28.0 Å². The monoisotopic (exact) mass is 592 g/mol. The predicted molar refractivity (Wildman–Crippen MR) is 176 cm³/mol. The fraction of sp³-hybridized carbons (Fsp3) is 0.474. The van der Waals surface area contributed by atoms with Crippen molar-refractivity contribution in [2.45, 2.75) is 80.0 Å². The second-order valence-electron chi connectivity index (χ2n) is 14.0. The fourth-order valence-electron chi connectivity index (χ4n) is 9.09. The zero-order chi connectivity index (χ0) is 28.1. The van der Waals surface area contributed by atoms with E-state index in [0.717, 1.165) is 50.4 Å². The standard InChI is InChI=1S/C38H40O2S2/c1-37(16-13-24-4-7-26-15-18-40-33(26)20-24)22-28-9-12-31-34-30(35(31)38(28,2)42-37)11-8-27-21-29(41-36(27)34)10-5-23-3-6-25-14-17-39-32(25)19-23/h3-4,6-9,11-12,19-20,29-30,34-35H,5,10,13-18,21-22H2,1-2H3. The Morgan fingerprint density at radius 3 is 2.40 bits per heavy atom. The van der Waals surface area contributed by atoms with Crippen molar-refractivity contribution in [3.63, 3.8) is 0 Å². The maximum absolute atomic E-state index is 5.86. The first-order valence-electron chi connectivity index (χ1n) is 16.1. The Labute approximate surface area is 259 Å². The van der Waals surface area contributed by atoms with Crippen molar-refractivity contribution in [2.75, 3.05) is 13.2 Å². The first-order chi connectivity index (χ1) is 20.5. The van der Waals surface area contributed by atoms with Crippen molar-refractivity contribution in [3.05, 3.63) is 105 Å². The smallest absolute Gasteiger partial charge is 0.122 e. The van der Waals surface area contributed by atoms with Gasteiger partial charge < -0.3 is 9.47 Å². The Kier molecular flexibility index (Phi) is 5.97. The molecule has 9 rings (SSSR count). The number of hydrogen-bond acceptors (Lipinski definition) is 4.